The van der Waals surface area contributed by atoms with E-state index in [1.165, 1.54) is 38.1 Å². The highest BCUT2D eigenvalue weighted by atomic mass is 32.2. The zero-order valence-electron chi connectivity index (χ0n) is 11.9. The molecule has 0 radical (unpaired) electrons. The molecule has 1 rings (SSSR count). The summed E-state index contributed by atoms with van der Waals surface area (Å²) in [6.07, 6.45) is 8.00. The number of likely N-dealkylation sites (N-methyl/N-ethyl adjacent to an activating group) is 1. The van der Waals surface area contributed by atoms with Gasteiger partial charge in [0.15, 0.2) is 0 Å². The third-order valence-corrected chi connectivity index (χ3v) is 5.44. The molecule has 0 heterocycles. The maximum absolute atomic E-state index is 11.9. The second kappa shape index (κ2) is 7.03. The number of thioether (sulfide) groups is 1. The van der Waals surface area contributed by atoms with Gasteiger partial charge in [-0.1, -0.05) is 19.3 Å². The fourth-order valence-electron chi connectivity index (χ4n) is 2.35. The molecule has 1 atom stereocenters. The monoisotopic (exact) mass is 288 g/mol. The lowest BCUT2D eigenvalue weighted by Crippen LogP contribution is -2.50. The number of rotatable bonds is 5. The Kier molecular flexibility index (Phi) is 5.97. The van der Waals surface area contributed by atoms with Gasteiger partial charge < -0.3 is 15.3 Å². The first-order valence-corrected chi connectivity index (χ1v) is 7.93. The Balaban J connectivity index is 2.50. The van der Waals surface area contributed by atoms with Crippen LogP contribution in [0.15, 0.2) is 0 Å². The van der Waals surface area contributed by atoms with Crippen molar-refractivity contribution >= 4 is 23.8 Å². The van der Waals surface area contributed by atoms with Crippen molar-refractivity contribution in [1.82, 2.24) is 10.2 Å². The Morgan fingerprint density at radius 1 is 1.37 bits per heavy atom. The average molecular weight is 288 g/mol. The lowest BCUT2D eigenvalue weighted by molar-refractivity contribution is -0.141. The molecule has 0 aromatic heterocycles. The molecule has 110 valence electrons. The number of hydrogen-bond acceptors (Lipinski definition) is 3. The van der Waals surface area contributed by atoms with Gasteiger partial charge in [0.25, 0.3) is 0 Å². The van der Waals surface area contributed by atoms with Crippen molar-refractivity contribution in [2.45, 2.75) is 49.8 Å². The Labute approximate surface area is 119 Å². The first-order chi connectivity index (χ1) is 8.92. The summed E-state index contributed by atoms with van der Waals surface area (Å²) >= 11 is 1.81. The molecule has 6 heteroatoms. The number of amides is 2. The summed E-state index contributed by atoms with van der Waals surface area (Å²) in [6.45, 7) is 2.12. The van der Waals surface area contributed by atoms with E-state index in [1.54, 1.807) is 0 Å². The van der Waals surface area contributed by atoms with Crippen LogP contribution in [0.5, 0.6) is 0 Å². The standard InChI is InChI=1S/C13H24N2O3S/c1-10(11(16)17)15(2)12(18)14-9-13(19-3)7-5-4-6-8-13/h10H,4-9H2,1-3H3,(H,14,18)(H,16,17). The van der Waals surface area contributed by atoms with E-state index in [9.17, 15) is 9.59 Å². The minimum Gasteiger partial charge on any atom is -0.480 e. The molecule has 1 fully saturated rings. The highest BCUT2D eigenvalue weighted by Gasteiger charge is 2.32. The summed E-state index contributed by atoms with van der Waals surface area (Å²) in [5, 5.41) is 11.8. The van der Waals surface area contributed by atoms with Gasteiger partial charge in [0.05, 0.1) is 0 Å². The number of nitrogens with one attached hydrogen (secondary N) is 1. The second-order valence-electron chi connectivity index (χ2n) is 5.23. The van der Waals surface area contributed by atoms with Gasteiger partial charge in [-0.15, -0.1) is 0 Å². The summed E-state index contributed by atoms with van der Waals surface area (Å²) < 4.78 is 0.126. The fourth-order valence-corrected chi connectivity index (χ4v) is 3.27. The summed E-state index contributed by atoms with van der Waals surface area (Å²) in [7, 11) is 1.51. The molecule has 0 aromatic rings. The average Bonchev–Trinajstić information content (AvgIpc) is 2.44. The molecule has 5 nitrogen and oxygen atoms in total. The Morgan fingerprint density at radius 3 is 2.42 bits per heavy atom. The van der Waals surface area contributed by atoms with Gasteiger partial charge in [0.2, 0.25) is 0 Å². The Bertz CT molecular complexity index is 330. The Morgan fingerprint density at radius 2 is 1.95 bits per heavy atom. The van der Waals surface area contributed by atoms with Crippen LogP contribution in [0.4, 0.5) is 4.79 Å². The van der Waals surface area contributed by atoms with Crippen LogP contribution in [0.25, 0.3) is 0 Å². The van der Waals surface area contributed by atoms with E-state index in [2.05, 4.69) is 11.6 Å². The number of carbonyl (C=O) groups is 2. The van der Waals surface area contributed by atoms with Crippen molar-refractivity contribution in [3.8, 4) is 0 Å². The number of nitrogens with zero attached hydrogens (tertiary/aromatic N) is 1. The van der Waals surface area contributed by atoms with Crippen molar-refractivity contribution in [2.75, 3.05) is 19.8 Å². The van der Waals surface area contributed by atoms with E-state index in [0.717, 1.165) is 12.8 Å². The zero-order chi connectivity index (χ0) is 14.5. The molecule has 0 spiro atoms. The molecule has 0 aromatic carbocycles. The van der Waals surface area contributed by atoms with E-state index >= 15 is 0 Å². The smallest absolute Gasteiger partial charge is 0.326 e. The van der Waals surface area contributed by atoms with Crippen molar-refractivity contribution in [3.05, 3.63) is 0 Å². The summed E-state index contributed by atoms with van der Waals surface area (Å²) in [6, 6.07) is -1.12. The predicted molar refractivity (Wildman–Crippen MR) is 77.6 cm³/mol. The first kappa shape index (κ1) is 16.1. The first-order valence-electron chi connectivity index (χ1n) is 6.70. The zero-order valence-corrected chi connectivity index (χ0v) is 12.8. The molecular formula is C13H24N2O3S. The molecular weight excluding hydrogens is 264 g/mol. The molecule has 0 bridgehead atoms. The van der Waals surface area contributed by atoms with Crippen LogP contribution in [0.3, 0.4) is 0 Å². The van der Waals surface area contributed by atoms with Gasteiger partial charge >= 0.3 is 12.0 Å². The van der Waals surface area contributed by atoms with Crippen LogP contribution in [0, 0.1) is 0 Å². The predicted octanol–water partition coefficient (Wildman–Crippen LogP) is 2.17. The van der Waals surface area contributed by atoms with Gasteiger partial charge in [-0.2, -0.15) is 11.8 Å². The SMILES string of the molecule is CSC1(CNC(=O)N(C)C(C)C(=O)O)CCCCC1. The molecule has 2 amide bonds. The molecule has 0 saturated heterocycles. The van der Waals surface area contributed by atoms with Crippen LogP contribution < -0.4 is 5.32 Å². The van der Waals surface area contributed by atoms with E-state index in [0.29, 0.717) is 6.54 Å². The van der Waals surface area contributed by atoms with Crippen LogP contribution >= 0.6 is 11.8 Å². The minimum absolute atomic E-state index is 0.126. The van der Waals surface area contributed by atoms with Crippen LogP contribution in [-0.2, 0) is 4.79 Å². The third kappa shape index (κ3) is 4.30. The van der Waals surface area contributed by atoms with Gasteiger partial charge in [-0.25, -0.2) is 9.59 Å². The minimum atomic E-state index is -0.991. The highest BCUT2D eigenvalue weighted by molar-refractivity contribution is 8.00. The number of aliphatic carboxylic acids is 1. The summed E-state index contributed by atoms with van der Waals surface area (Å²) in [5.74, 6) is -0.991. The van der Waals surface area contributed by atoms with E-state index in [4.69, 9.17) is 5.11 Å². The topological polar surface area (TPSA) is 69.6 Å². The molecule has 1 saturated carbocycles. The van der Waals surface area contributed by atoms with Gasteiger partial charge in [0.1, 0.15) is 6.04 Å². The number of carbonyl (C=O) groups excluding carboxylic acids is 1. The third-order valence-electron chi connectivity index (χ3n) is 4.02. The number of urea groups is 1. The largest absolute Gasteiger partial charge is 0.480 e. The normalized spacial score (nSPS) is 19.5. The lowest BCUT2D eigenvalue weighted by Gasteiger charge is -2.36. The molecule has 1 aliphatic rings. The van der Waals surface area contributed by atoms with Crippen LogP contribution in [-0.4, -0.2) is 52.6 Å². The quantitative estimate of drug-likeness (QED) is 0.813. The molecule has 1 aliphatic carbocycles. The maximum atomic E-state index is 11.9. The summed E-state index contributed by atoms with van der Waals surface area (Å²) in [5.41, 5.74) is 0. The second-order valence-corrected chi connectivity index (χ2v) is 6.51. The summed E-state index contributed by atoms with van der Waals surface area (Å²) in [4.78, 5) is 24.0. The van der Waals surface area contributed by atoms with Crippen molar-refractivity contribution in [2.24, 2.45) is 0 Å². The van der Waals surface area contributed by atoms with Crippen molar-refractivity contribution in [3.63, 3.8) is 0 Å². The van der Waals surface area contributed by atoms with Crippen molar-refractivity contribution in [1.29, 1.82) is 0 Å². The molecule has 1 unspecified atom stereocenters. The number of carboxylic acid groups (broad SMARTS) is 1. The van der Waals surface area contributed by atoms with E-state index in [-0.39, 0.29) is 10.8 Å². The van der Waals surface area contributed by atoms with E-state index in [1.807, 2.05) is 11.8 Å². The maximum Gasteiger partial charge on any atom is 0.326 e. The number of carboxylic acids is 1. The van der Waals surface area contributed by atoms with Crippen LogP contribution in [0.1, 0.15) is 39.0 Å². The van der Waals surface area contributed by atoms with Gasteiger partial charge in [-0.05, 0) is 26.0 Å². The van der Waals surface area contributed by atoms with Crippen molar-refractivity contribution < 1.29 is 14.7 Å². The van der Waals surface area contributed by atoms with Gasteiger partial charge in [-0.3, -0.25) is 0 Å². The molecule has 2 N–H and O–H groups in total. The lowest BCUT2D eigenvalue weighted by atomic mass is 9.88. The Hall–Kier alpha value is -0.910. The molecule has 0 aliphatic heterocycles. The molecule has 19 heavy (non-hydrogen) atoms. The highest BCUT2D eigenvalue weighted by Crippen LogP contribution is 2.37. The van der Waals surface area contributed by atoms with E-state index < -0.39 is 12.0 Å². The number of hydrogen-bond donors (Lipinski definition) is 2. The van der Waals surface area contributed by atoms with Crippen LogP contribution in [0.2, 0.25) is 0 Å². The van der Waals surface area contributed by atoms with Gasteiger partial charge in [0, 0.05) is 18.3 Å². The fraction of sp³-hybridized carbons (Fsp3) is 0.846.